The lowest BCUT2D eigenvalue weighted by Gasteiger charge is -2.34. The van der Waals surface area contributed by atoms with Crippen LogP contribution < -0.4 is 4.90 Å². The van der Waals surface area contributed by atoms with Crippen LogP contribution in [0.25, 0.3) is 0 Å². The van der Waals surface area contributed by atoms with E-state index in [1.807, 2.05) is 0 Å². The largest absolute Gasteiger partial charge is 0.377 e. The van der Waals surface area contributed by atoms with E-state index in [1.54, 1.807) is 0 Å². The highest BCUT2D eigenvalue weighted by molar-refractivity contribution is 6.28. The van der Waals surface area contributed by atoms with Crippen molar-refractivity contribution < 1.29 is 4.74 Å². The summed E-state index contributed by atoms with van der Waals surface area (Å²) in [5.41, 5.74) is 1.10. The topological polar surface area (TPSA) is 38.2 Å². The van der Waals surface area contributed by atoms with E-state index in [-0.39, 0.29) is 0 Å². The Hall–Kier alpha value is -0.870. The molecule has 1 saturated heterocycles. The average Bonchev–Trinajstić information content (AvgIpc) is 3.12. The van der Waals surface area contributed by atoms with Gasteiger partial charge in [0.1, 0.15) is 5.82 Å². The molecule has 2 heterocycles. The minimum atomic E-state index is 0.349. The summed E-state index contributed by atoms with van der Waals surface area (Å²) in [6, 6.07) is 2.44. The van der Waals surface area contributed by atoms with Gasteiger partial charge in [0.25, 0.3) is 0 Å². The molecule has 0 bridgehead atoms. The summed E-state index contributed by atoms with van der Waals surface area (Å²) >= 11 is 6.01. The van der Waals surface area contributed by atoms with Gasteiger partial charge in [0.05, 0.1) is 24.9 Å². The third-order valence-corrected chi connectivity index (χ3v) is 3.53. The van der Waals surface area contributed by atoms with Crippen molar-refractivity contribution >= 4 is 17.4 Å². The summed E-state index contributed by atoms with van der Waals surface area (Å²) in [5.74, 6) is 1.55. The zero-order valence-corrected chi connectivity index (χ0v) is 10.7. The number of hydrogen-bond donors (Lipinski definition) is 0. The number of anilines is 1. The van der Waals surface area contributed by atoms with Crippen molar-refractivity contribution in [3.8, 4) is 0 Å². The summed E-state index contributed by atoms with van der Waals surface area (Å²) in [7, 11) is 0. The molecule has 0 N–H and O–H groups in total. The van der Waals surface area contributed by atoms with Crippen molar-refractivity contribution in [2.45, 2.75) is 31.7 Å². The summed E-state index contributed by atoms with van der Waals surface area (Å²) < 4.78 is 5.44. The number of ether oxygens (including phenoxy) is 1. The summed E-state index contributed by atoms with van der Waals surface area (Å²) in [5, 5.41) is 0.364. The first-order chi connectivity index (χ1) is 8.24. The Morgan fingerprint density at radius 1 is 1.41 bits per heavy atom. The van der Waals surface area contributed by atoms with Crippen LogP contribution in [0.15, 0.2) is 6.07 Å². The molecule has 1 aliphatic carbocycles. The predicted molar refractivity (Wildman–Crippen MR) is 66.6 cm³/mol. The van der Waals surface area contributed by atoms with E-state index in [1.165, 1.54) is 12.8 Å². The van der Waals surface area contributed by atoms with Crippen molar-refractivity contribution in [3.63, 3.8) is 0 Å². The average molecular weight is 254 g/mol. The molecule has 2 fully saturated rings. The Morgan fingerprint density at radius 2 is 2.24 bits per heavy atom. The van der Waals surface area contributed by atoms with Gasteiger partial charge in [-0.05, 0) is 31.4 Å². The number of morpholine rings is 1. The van der Waals surface area contributed by atoms with Crippen LogP contribution >= 0.6 is 11.6 Å². The van der Waals surface area contributed by atoms with E-state index in [9.17, 15) is 0 Å². The minimum Gasteiger partial charge on any atom is -0.377 e. The molecule has 0 aromatic carbocycles. The van der Waals surface area contributed by atoms with Crippen LogP contribution in [-0.2, 0) is 4.74 Å². The second kappa shape index (κ2) is 4.42. The van der Waals surface area contributed by atoms with Crippen LogP contribution in [0, 0.1) is 0 Å². The van der Waals surface area contributed by atoms with Crippen molar-refractivity contribution in [3.05, 3.63) is 17.0 Å². The first-order valence-corrected chi connectivity index (χ1v) is 6.50. The molecule has 1 aromatic heterocycles. The smallest absolute Gasteiger partial charge is 0.224 e. The lowest BCUT2D eigenvalue weighted by Crippen LogP contribution is -2.44. The van der Waals surface area contributed by atoms with Gasteiger partial charge in [-0.2, -0.15) is 0 Å². The molecular formula is C12H16ClN3O. The van der Waals surface area contributed by atoms with Gasteiger partial charge in [-0.25, -0.2) is 9.97 Å². The van der Waals surface area contributed by atoms with Gasteiger partial charge in [0, 0.05) is 18.5 Å². The summed E-state index contributed by atoms with van der Waals surface area (Å²) in [4.78, 5) is 10.9. The van der Waals surface area contributed by atoms with E-state index >= 15 is 0 Å². The highest BCUT2D eigenvalue weighted by Gasteiger charge is 2.28. The first kappa shape index (κ1) is 11.2. The Bertz CT molecular complexity index is 422. The van der Waals surface area contributed by atoms with E-state index < -0.39 is 0 Å². The molecule has 92 valence electrons. The summed E-state index contributed by atoms with van der Waals surface area (Å²) in [6.07, 6.45) is 2.46. The van der Waals surface area contributed by atoms with Gasteiger partial charge < -0.3 is 9.64 Å². The number of aromatic nitrogens is 2. The van der Waals surface area contributed by atoms with E-state index in [0.29, 0.717) is 17.2 Å². The monoisotopic (exact) mass is 253 g/mol. The van der Waals surface area contributed by atoms with Gasteiger partial charge in [0.2, 0.25) is 5.28 Å². The Labute approximate surface area is 106 Å². The van der Waals surface area contributed by atoms with Gasteiger partial charge in [-0.3, -0.25) is 0 Å². The number of halogens is 1. The second-order valence-electron chi connectivity index (χ2n) is 4.81. The van der Waals surface area contributed by atoms with Crippen LogP contribution in [0.3, 0.4) is 0 Å². The van der Waals surface area contributed by atoms with Crippen LogP contribution in [0.4, 0.5) is 5.82 Å². The third kappa shape index (κ3) is 2.38. The summed E-state index contributed by atoms with van der Waals surface area (Å²) in [6.45, 7) is 4.52. The van der Waals surface area contributed by atoms with Crippen molar-refractivity contribution in [2.75, 3.05) is 24.7 Å². The first-order valence-electron chi connectivity index (χ1n) is 6.13. The molecule has 17 heavy (non-hydrogen) atoms. The van der Waals surface area contributed by atoms with E-state index in [4.69, 9.17) is 16.3 Å². The molecule has 1 aliphatic heterocycles. The van der Waals surface area contributed by atoms with Crippen LogP contribution in [0.1, 0.15) is 31.4 Å². The van der Waals surface area contributed by atoms with Gasteiger partial charge >= 0.3 is 0 Å². The normalized spacial score (nSPS) is 25.1. The van der Waals surface area contributed by atoms with Gasteiger partial charge in [0.15, 0.2) is 0 Å². The maximum atomic E-state index is 6.01. The lowest BCUT2D eigenvalue weighted by molar-refractivity contribution is 0.0985. The Morgan fingerprint density at radius 3 is 2.94 bits per heavy atom. The lowest BCUT2D eigenvalue weighted by atomic mass is 10.2. The molecule has 0 radical (unpaired) electrons. The third-order valence-electron chi connectivity index (χ3n) is 3.36. The predicted octanol–water partition coefficient (Wildman–Crippen LogP) is 2.23. The zero-order chi connectivity index (χ0) is 11.8. The highest BCUT2D eigenvalue weighted by atomic mass is 35.5. The highest BCUT2D eigenvalue weighted by Crippen LogP contribution is 2.40. The minimum absolute atomic E-state index is 0.349. The molecule has 1 aromatic rings. The van der Waals surface area contributed by atoms with Crippen molar-refractivity contribution in [2.24, 2.45) is 0 Å². The molecule has 1 saturated carbocycles. The maximum Gasteiger partial charge on any atom is 0.224 e. The van der Waals surface area contributed by atoms with Crippen LogP contribution in [-0.4, -0.2) is 35.8 Å². The fourth-order valence-corrected chi connectivity index (χ4v) is 2.41. The molecule has 2 aliphatic rings. The second-order valence-corrected chi connectivity index (χ2v) is 5.15. The standard InChI is InChI=1S/C12H16ClN3O/c1-8-7-17-5-4-16(8)11-6-10(9-2-3-9)14-12(13)15-11/h6,8-9H,2-5,7H2,1H3/t8-/m1/s1. The molecule has 0 unspecified atom stereocenters. The number of rotatable bonds is 2. The fraction of sp³-hybridized carbons (Fsp3) is 0.667. The molecular weight excluding hydrogens is 238 g/mol. The van der Waals surface area contributed by atoms with Crippen LogP contribution in [0.5, 0.6) is 0 Å². The van der Waals surface area contributed by atoms with Crippen molar-refractivity contribution in [1.29, 1.82) is 0 Å². The molecule has 0 spiro atoms. The Balaban J connectivity index is 1.90. The van der Waals surface area contributed by atoms with Crippen molar-refractivity contribution in [1.82, 2.24) is 9.97 Å². The van der Waals surface area contributed by atoms with E-state index in [0.717, 1.165) is 31.3 Å². The number of hydrogen-bond acceptors (Lipinski definition) is 4. The zero-order valence-electron chi connectivity index (χ0n) is 9.90. The molecule has 5 heteroatoms. The SMILES string of the molecule is C[C@@H]1COCCN1c1cc(C2CC2)nc(Cl)n1. The molecule has 4 nitrogen and oxygen atoms in total. The Kier molecular flexibility index (Phi) is 2.92. The maximum absolute atomic E-state index is 6.01. The molecule has 0 amide bonds. The number of nitrogens with zero attached hydrogens (tertiary/aromatic N) is 3. The van der Waals surface area contributed by atoms with E-state index in [2.05, 4.69) is 27.9 Å². The van der Waals surface area contributed by atoms with Crippen LogP contribution in [0.2, 0.25) is 5.28 Å². The molecule has 3 rings (SSSR count). The van der Waals surface area contributed by atoms with Gasteiger partial charge in [-0.1, -0.05) is 0 Å². The quantitative estimate of drug-likeness (QED) is 0.758. The van der Waals surface area contributed by atoms with Gasteiger partial charge in [-0.15, -0.1) is 0 Å². The fourth-order valence-electron chi connectivity index (χ4n) is 2.23. The molecule has 1 atom stereocenters.